The van der Waals surface area contributed by atoms with E-state index in [1.807, 2.05) is 0 Å². The number of rotatable bonds is 11. The van der Waals surface area contributed by atoms with E-state index < -0.39 is 0 Å². The summed E-state index contributed by atoms with van der Waals surface area (Å²) in [6, 6.07) is 4.20. The molecule has 0 aliphatic carbocycles. The molecule has 1 aromatic carbocycles. The summed E-state index contributed by atoms with van der Waals surface area (Å²) in [5.74, 6) is 1.93. The van der Waals surface area contributed by atoms with Crippen molar-refractivity contribution in [2.45, 2.75) is 71.6 Å². The van der Waals surface area contributed by atoms with Gasteiger partial charge in [-0.15, -0.1) is 0 Å². The zero-order chi connectivity index (χ0) is 15.5. The van der Waals surface area contributed by atoms with Gasteiger partial charge in [0.15, 0.2) is 0 Å². The molecule has 0 N–H and O–H groups in total. The van der Waals surface area contributed by atoms with Gasteiger partial charge in [-0.2, -0.15) is 0 Å². The maximum Gasteiger partial charge on any atom is 0.126 e. The van der Waals surface area contributed by atoms with Gasteiger partial charge in [0.05, 0.1) is 14.2 Å². The quantitative estimate of drug-likeness (QED) is 0.487. The molecule has 120 valence electrons. The second kappa shape index (κ2) is 10.5. The predicted molar refractivity (Wildman–Crippen MR) is 90.6 cm³/mol. The van der Waals surface area contributed by atoms with Gasteiger partial charge in [-0.1, -0.05) is 51.9 Å². The van der Waals surface area contributed by atoms with Gasteiger partial charge in [-0.25, -0.2) is 0 Å². The van der Waals surface area contributed by atoms with Crippen molar-refractivity contribution in [3.63, 3.8) is 0 Å². The van der Waals surface area contributed by atoms with Gasteiger partial charge in [0.25, 0.3) is 0 Å². The van der Waals surface area contributed by atoms with E-state index in [1.165, 1.54) is 62.5 Å². The first kappa shape index (κ1) is 17.9. The molecule has 0 amide bonds. The number of unbranched alkanes of at least 4 members (excludes halogenated alkanes) is 7. The van der Waals surface area contributed by atoms with Crippen LogP contribution in [0.1, 0.15) is 69.4 Å². The van der Waals surface area contributed by atoms with Crippen molar-refractivity contribution in [2.75, 3.05) is 14.2 Å². The van der Waals surface area contributed by atoms with Crippen LogP contribution in [0.25, 0.3) is 0 Å². The van der Waals surface area contributed by atoms with E-state index in [0.717, 1.165) is 17.9 Å². The highest BCUT2D eigenvalue weighted by Gasteiger charge is 2.10. The van der Waals surface area contributed by atoms with Crippen LogP contribution < -0.4 is 9.47 Å². The molecule has 2 heteroatoms. The Morgan fingerprint density at radius 2 is 1.24 bits per heavy atom. The lowest BCUT2D eigenvalue weighted by atomic mass is 10.0. The van der Waals surface area contributed by atoms with Crippen LogP contribution in [0, 0.1) is 6.92 Å². The molecule has 1 rings (SSSR count). The van der Waals surface area contributed by atoms with E-state index in [9.17, 15) is 0 Å². The highest BCUT2D eigenvalue weighted by Crippen LogP contribution is 2.31. The maximum atomic E-state index is 5.51. The average Bonchev–Trinajstić information content (AvgIpc) is 2.50. The standard InChI is InChI=1S/C19H32O2/c1-5-6-7-8-9-10-11-12-13-17-18(20-3)14-16(2)15-19(17)21-4/h14-15H,5-13H2,1-4H3. The van der Waals surface area contributed by atoms with E-state index in [2.05, 4.69) is 26.0 Å². The van der Waals surface area contributed by atoms with Crippen LogP contribution >= 0.6 is 0 Å². The first-order valence-corrected chi connectivity index (χ1v) is 8.44. The maximum absolute atomic E-state index is 5.51. The van der Waals surface area contributed by atoms with Crippen molar-refractivity contribution in [1.82, 2.24) is 0 Å². The molecule has 0 saturated carbocycles. The zero-order valence-electron chi connectivity index (χ0n) is 14.3. The summed E-state index contributed by atoms with van der Waals surface area (Å²) in [5, 5.41) is 0. The fraction of sp³-hybridized carbons (Fsp3) is 0.684. The molecule has 1 aromatic rings. The van der Waals surface area contributed by atoms with Crippen LogP contribution in [0.3, 0.4) is 0 Å². The summed E-state index contributed by atoms with van der Waals surface area (Å²) in [6.07, 6.45) is 11.8. The third-order valence-electron chi connectivity index (χ3n) is 4.03. The minimum atomic E-state index is 0.967. The predicted octanol–water partition coefficient (Wildman–Crippen LogP) is 5.70. The zero-order valence-corrected chi connectivity index (χ0v) is 14.3. The fourth-order valence-corrected chi connectivity index (χ4v) is 2.80. The van der Waals surface area contributed by atoms with Gasteiger partial charge in [0, 0.05) is 5.56 Å². The Bertz CT molecular complexity index is 374. The van der Waals surface area contributed by atoms with E-state index in [4.69, 9.17) is 9.47 Å². The average molecular weight is 292 g/mol. The van der Waals surface area contributed by atoms with Crippen LogP contribution in [-0.2, 0) is 6.42 Å². The van der Waals surface area contributed by atoms with Crippen molar-refractivity contribution < 1.29 is 9.47 Å². The first-order valence-electron chi connectivity index (χ1n) is 8.44. The van der Waals surface area contributed by atoms with E-state index in [1.54, 1.807) is 14.2 Å². The molecule has 2 nitrogen and oxygen atoms in total. The van der Waals surface area contributed by atoms with E-state index in [-0.39, 0.29) is 0 Å². The van der Waals surface area contributed by atoms with Crippen LogP contribution in [0.5, 0.6) is 11.5 Å². The lowest BCUT2D eigenvalue weighted by Crippen LogP contribution is -1.98. The lowest BCUT2D eigenvalue weighted by molar-refractivity contribution is 0.383. The Labute approximate surface area is 130 Å². The SMILES string of the molecule is CCCCCCCCCCc1c(OC)cc(C)cc1OC. The Kier molecular flexibility index (Phi) is 8.96. The monoisotopic (exact) mass is 292 g/mol. The van der Waals surface area contributed by atoms with E-state index >= 15 is 0 Å². The highest BCUT2D eigenvalue weighted by atomic mass is 16.5. The second-order valence-corrected chi connectivity index (χ2v) is 5.87. The Balaban J connectivity index is 2.37. The third kappa shape index (κ3) is 6.41. The van der Waals surface area contributed by atoms with Crippen LogP contribution in [0.2, 0.25) is 0 Å². The fourth-order valence-electron chi connectivity index (χ4n) is 2.80. The summed E-state index contributed by atoms with van der Waals surface area (Å²) >= 11 is 0. The molecule has 0 aromatic heterocycles. The molecule has 0 atom stereocenters. The van der Waals surface area contributed by atoms with Gasteiger partial charge in [0.2, 0.25) is 0 Å². The number of benzene rings is 1. The Morgan fingerprint density at radius 1 is 0.762 bits per heavy atom. The molecule has 0 spiro atoms. The number of ether oxygens (including phenoxy) is 2. The largest absolute Gasteiger partial charge is 0.496 e. The molecule has 21 heavy (non-hydrogen) atoms. The van der Waals surface area contributed by atoms with Gasteiger partial charge >= 0.3 is 0 Å². The normalized spacial score (nSPS) is 10.7. The van der Waals surface area contributed by atoms with Crippen molar-refractivity contribution >= 4 is 0 Å². The summed E-state index contributed by atoms with van der Waals surface area (Å²) in [4.78, 5) is 0. The summed E-state index contributed by atoms with van der Waals surface area (Å²) < 4.78 is 11.0. The third-order valence-corrected chi connectivity index (χ3v) is 4.03. The molecule has 0 unspecified atom stereocenters. The molecule has 0 fully saturated rings. The minimum Gasteiger partial charge on any atom is -0.496 e. The summed E-state index contributed by atoms with van der Waals surface area (Å²) in [6.45, 7) is 4.34. The summed E-state index contributed by atoms with van der Waals surface area (Å²) in [7, 11) is 3.48. The molecule has 0 aliphatic heterocycles. The minimum absolute atomic E-state index is 0.967. The molecule has 0 bridgehead atoms. The van der Waals surface area contributed by atoms with Crippen molar-refractivity contribution in [3.05, 3.63) is 23.3 Å². The number of hydrogen-bond donors (Lipinski definition) is 0. The van der Waals surface area contributed by atoms with Gasteiger partial charge in [-0.05, 0) is 37.5 Å². The Morgan fingerprint density at radius 3 is 1.71 bits per heavy atom. The molecular formula is C19H32O2. The number of aryl methyl sites for hydroxylation is 1. The van der Waals surface area contributed by atoms with Crippen LogP contribution in [-0.4, -0.2) is 14.2 Å². The second-order valence-electron chi connectivity index (χ2n) is 5.87. The van der Waals surface area contributed by atoms with Crippen LogP contribution in [0.15, 0.2) is 12.1 Å². The van der Waals surface area contributed by atoms with Crippen molar-refractivity contribution in [1.29, 1.82) is 0 Å². The molecule has 0 saturated heterocycles. The number of hydrogen-bond acceptors (Lipinski definition) is 2. The summed E-state index contributed by atoms with van der Waals surface area (Å²) in [5.41, 5.74) is 2.40. The Hall–Kier alpha value is -1.18. The topological polar surface area (TPSA) is 18.5 Å². The van der Waals surface area contributed by atoms with Gasteiger partial charge < -0.3 is 9.47 Å². The lowest BCUT2D eigenvalue weighted by Gasteiger charge is -2.14. The van der Waals surface area contributed by atoms with Crippen molar-refractivity contribution in [2.24, 2.45) is 0 Å². The molecule has 0 heterocycles. The number of methoxy groups -OCH3 is 2. The van der Waals surface area contributed by atoms with Gasteiger partial charge in [0.1, 0.15) is 11.5 Å². The smallest absolute Gasteiger partial charge is 0.126 e. The van der Waals surface area contributed by atoms with Crippen LogP contribution in [0.4, 0.5) is 0 Å². The first-order chi connectivity index (χ1) is 10.2. The van der Waals surface area contributed by atoms with E-state index in [0.29, 0.717) is 0 Å². The highest BCUT2D eigenvalue weighted by molar-refractivity contribution is 5.47. The van der Waals surface area contributed by atoms with Crippen molar-refractivity contribution in [3.8, 4) is 11.5 Å². The molecule has 0 aliphatic rings. The molecule has 0 radical (unpaired) electrons. The van der Waals surface area contributed by atoms with Gasteiger partial charge in [-0.3, -0.25) is 0 Å². The molecular weight excluding hydrogens is 260 g/mol.